The van der Waals surface area contributed by atoms with Gasteiger partial charge in [0.2, 0.25) is 0 Å². The van der Waals surface area contributed by atoms with Crippen LogP contribution in [0.5, 0.6) is 0 Å². The van der Waals surface area contributed by atoms with Gasteiger partial charge in [-0.25, -0.2) is 0 Å². The molecular formula is C12H25NS. The maximum atomic E-state index is 3.69. The van der Waals surface area contributed by atoms with Crippen LogP contribution in [0.25, 0.3) is 0 Å². The van der Waals surface area contributed by atoms with Crippen molar-refractivity contribution >= 4 is 11.8 Å². The number of hydrogen-bond donors (Lipinski definition) is 1. The fourth-order valence-corrected chi connectivity index (χ4v) is 2.98. The third kappa shape index (κ3) is 3.16. The molecule has 0 aromatic heterocycles. The van der Waals surface area contributed by atoms with Crippen molar-refractivity contribution < 1.29 is 0 Å². The van der Waals surface area contributed by atoms with E-state index in [1.165, 1.54) is 32.2 Å². The normalized spacial score (nSPS) is 22.9. The molecule has 0 aromatic carbocycles. The molecule has 0 radical (unpaired) electrons. The number of rotatable bonds is 5. The predicted octanol–water partition coefficient (Wildman–Crippen LogP) is 3.30. The highest BCUT2D eigenvalue weighted by Gasteiger charge is 2.32. The standard InChI is InChI=1S/C12H25NS/c1-10(2)11(3)13-9-12(14-4)7-5-6-8-12/h10-11,13H,5-9H2,1-4H3. The Hall–Kier alpha value is 0.310. The summed E-state index contributed by atoms with van der Waals surface area (Å²) in [5, 5.41) is 3.69. The van der Waals surface area contributed by atoms with E-state index < -0.39 is 0 Å². The molecule has 0 aromatic rings. The van der Waals surface area contributed by atoms with Gasteiger partial charge in [-0.15, -0.1) is 0 Å². The van der Waals surface area contributed by atoms with Gasteiger partial charge in [0.1, 0.15) is 0 Å². The number of thioether (sulfide) groups is 1. The van der Waals surface area contributed by atoms with E-state index in [4.69, 9.17) is 0 Å². The molecule has 0 aliphatic heterocycles. The Morgan fingerprint density at radius 2 is 1.79 bits per heavy atom. The molecule has 1 rings (SSSR count). The zero-order chi connectivity index (χ0) is 10.6. The summed E-state index contributed by atoms with van der Waals surface area (Å²) >= 11 is 2.07. The lowest BCUT2D eigenvalue weighted by atomic mass is 10.0. The van der Waals surface area contributed by atoms with Gasteiger partial charge >= 0.3 is 0 Å². The molecule has 14 heavy (non-hydrogen) atoms. The summed E-state index contributed by atoms with van der Waals surface area (Å²) in [6, 6.07) is 0.652. The van der Waals surface area contributed by atoms with Crippen LogP contribution in [-0.4, -0.2) is 23.6 Å². The molecule has 84 valence electrons. The summed E-state index contributed by atoms with van der Waals surface area (Å²) in [5.74, 6) is 0.746. The summed E-state index contributed by atoms with van der Waals surface area (Å²) in [7, 11) is 0. The van der Waals surface area contributed by atoms with Gasteiger partial charge in [0.05, 0.1) is 0 Å². The van der Waals surface area contributed by atoms with E-state index in [1.807, 2.05) is 0 Å². The molecule has 0 bridgehead atoms. The van der Waals surface area contributed by atoms with E-state index in [2.05, 4.69) is 44.1 Å². The van der Waals surface area contributed by atoms with E-state index in [0.717, 1.165) is 5.92 Å². The second kappa shape index (κ2) is 5.41. The van der Waals surface area contributed by atoms with Crippen LogP contribution >= 0.6 is 11.8 Å². The van der Waals surface area contributed by atoms with E-state index >= 15 is 0 Å². The Morgan fingerprint density at radius 1 is 1.21 bits per heavy atom. The van der Waals surface area contributed by atoms with Crippen molar-refractivity contribution in [2.75, 3.05) is 12.8 Å². The maximum absolute atomic E-state index is 3.69. The van der Waals surface area contributed by atoms with E-state index in [0.29, 0.717) is 10.8 Å². The lowest BCUT2D eigenvalue weighted by Gasteiger charge is -2.30. The summed E-state index contributed by atoms with van der Waals surface area (Å²) < 4.78 is 0.559. The van der Waals surface area contributed by atoms with Crippen molar-refractivity contribution in [3.8, 4) is 0 Å². The minimum Gasteiger partial charge on any atom is -0.313 e. The quantitative estimate of drug-likeness (QED) is 0.755. The molecule has 1 unspecified atom stereocenters. The van der Waals surface area contributed by atoms with Crippen LogP contribution in [0, 0.1) is 5.92 Å². The van der Waals surface area contributed by atoms with Gasteiger partial charge < -0.3 is 5.32 Å². The lowest BCUT2D eigenvalue weighted by molar-refractivity contribution is 0.399. The van der Waals surface area contributed by atoms with Gasteiger partial charge in [-0.2, -0.15) is 11.8 Å². The van der Waals surface area contributed by atoms with Gasteiger partial charge in [-0.3, -0.25) is 0 Å². The summed E-state index contributed by atoms with van der Waals surface area (Å²) in [6.07, 6.45) is 7.95. The Labute approximate surface area is 93.4 Å². The first-order valence-corrected chi connectivity index (χ1v) is 7.11. The summed E-state index contributed by atoms with van der Waals surface area (Å²) in [6.45, 7) is 8.08. The molecule has 1 fully saturated rings. The van der Waals surface area contributed by atoms with Crippen LogP contribution < -0.4 is 5.32 Å². The number of hydrogen-bond acceptors (Lipinski definition) is 2. The smallest absolute Gasteiger partial charge is 0.0281 e. The minimum absolute atomic E-state index is 0.559. The van der Waals surface area contributed by atoms with Gasteiger partial charge in [0.15, 0.2) is 0 Å². The fraction of sp³-hybridized carbons (Fsp3) is 1.00. The second-order valence-electron chi connectivity index (χ2n) is 5.01. The van der Waals surface area contributed by atoms with Crippen molar-refractivity contribution in [1.29, 1.82) is 0 Å². The average Bonchev–Trinajstić information content (AvgIpc) is 2.63. The number of nitrogens with one attached hydrogen (secondary N) is 1. The van der Waals surface area contributed by atoms with Crippen LogP contribution in [0.1, 0.15) is 46.5 Å². The monoisotopic (exact) mass is 215 g/mol. The topological polar surface area (TPSA) is 12.0 Å². The molecule has 1 atom stereocenters. The predicted molar refractivity (Wildman–Crippen MR) is 67.0 cm³/mol. The van der Waals surface area contributed by atoms with Crippen molar-refractivity contribution in [2.45, 2.75) is 57.2 Å². The van der Waals surface area contributed by atoms with Crippen molar-refractivity contribution in [3.05, 3.63) is 0 Å². The minimum atomic E-state index is 0.559. The summed E-state index contributed by atoms with van der Waals surface area (Å²) in [4.78, 5) is 0. The molecule has 0 saturated heterocycles. The van der Waals surface area contributed by atoms with Crippen LogP contribution in [0.4, 0.5) is 0 Å². The van der Waals surface area contributed by atoms with Gasteiger partial charge in [-0.05, 0) is 31.9 Å². The highest BCUT2D eigenvalue weighted by Crippen LogP contribution is 2.39. The first-order valence-electron chi connectivity index (χ1n) is 5.88. The van der Waals surface area contributed by atoms with Crippen molar-refractivity contribution in [3.63, 3.8) is 0 Å². The zero-order valence-electron chi connectivity index (χ0n) is 10.1. The molecule has 1 aliphatic rings. The molecule has 1 aliphatic carbocycles. The second-order valence-corrected chi connectivity index (χ2v) is 6.28. The van der Waals surface area contributed by atoms with Crippen LogP contribution in [0.2, 0.25) is 0 Å². The molecule has 2 heteroatoms. The Kier molecular flexibility index (Phi) is 4.78. The van der Waals surface area contributed by atoms with Crippen molar-refractivity contribution in [2.24, 2.45) is 5.92 Å². The van der Waals surface area contributed by atoms with Crippen LogP contribution in [-0.2, 0) is 0 Å². The molecular weight excluding hydrogens is 190 g/mol. The van der Waals surface area contributed by atoms with E-state index in [1.54, 1.807) is 0 Å². The third-order valence-corrected chi connectivity index (χ3v) is 5.11. The highest BCUT2D eigenvalue weighted by molar-refractivity contribution is 8.00. The molecule has 1 N–H and O–H groups in total. The third-order valence-electron chi connectivity index (χ3n) is 3.69. The maximum Gasteiger partial charge on any atom is 0.0281 e. The van der Waals surface area contributed by atoms with Crippen LogP contribution in [0.15, 0.2) is 0 Å². The first-order chi connectivity index (χ1) is 6.59. The van der Waals surface area contributed by atoms with Gasteiger partial charge in [0, 0.05) is 17.3 Å². The van der Waals surface area contributed by atoms with Crippen molar-refractivity contribution in [1.82, 2.24) is 5.32 Å². The Bertz CT molecular complexity index is 162. The molecule has 1 nitrogen and oxygen atoms in total. The van der Waals surface area contributed by atoms with Crippen LogP contribution in [0.3, 0.4) is 0 Å². The zero-order valence-corrected chi connectivity index (χ0v) is 10.9. The Balaban J connectivity index is 2.34. The summed E-state index contributed by atoms with van der Waals surface area (Å²) in [5.41, 5.74) is 0. The van der Waals surface area contributed by atoms with Gasteiger partial charge in [0.25, 0.3) is 0 Å². The molecule has 0 heterocycles. The lowest BCUT2D eigenvalue weighted by Crippen LogP contribution is -2.41. The SMILES string of the molecule is CSC1(CNC(C)C(C)C)CCCC1. The first kappa shape index (κ1) is 12.4. The molecule has 1 saturated carbocycles. The molecule has 0 spiro atoms. The largest absolute Gasteiger partial charge is 0.313 e. The molecule has 0 amide bonds. The Morgan fingerprint density at radius 3 is 2.21 bits per heavy atom. The fourth-order valence-electron chi connectivity index (χ4n) is 2.06. The van der Waals surface area contributed by atoms with E-state index in [9.17, 15) is 0 Å². The highest BCUT2D eigenvalue weighted by atomic mass is 32.2. The van der Waals surface area contributed by atoms with E-state index in [-0.39, 0.29) is 0 Å². The van der Waals surface area contributed by atoms with Gasteiger partial charge in [-0.1, -0.05) is 26.7 Å². The average molecular weight is 215 g/mol.